The summed E-state index contributed by atoms with van der Waals surface area (Å²) in [6, 6.07) is 1.56. The van der Waals surface area contributed by atoms with Gasteiger partial charge in [0.1, 0.15) is 0 Å². The zero-order valence-corrected chi connectivity index (χ0v) is 8.88. The minimum Gasteiger partial charge on any atom is -0.204 e. The molecule has 2 rings (SSSR count). The summed E-state index contributed by atoms with van der Waals surface area (Å²) in [6.07, 6.45) is 0. The van der Waals surface area contributed by atoms with Crippen molar-refractivity contribution in [2.24, 2.45) is 0 Å². The van der Waals surface area contributed by atoms with Crippen molar-refractivity contribution < 1.29 is 30.7 Å². The monoisotopic (exact) mass is 280 g/mol. The van der Waals surface area contributed by atoms with Crippen LogP contribution in [-0.2, 0) is 0 Å². The van der Waals surface area contributed by atoms with E-state index in [0.717, 1.165) is 0 Å². The molecule has 0 nitrogen and oxygen atoms in total. The SMILES string of the molecule is Fc1ccc(-c2c(F)c(F)c(F)c(F)c2F)cc1F. The van der Waals surface area contributed by atoms with Gasteiger partial charge in [-0.2, -0.15) is 0 Å². The minimum absolute atomic E-state index is 0.341. The van der Waals surface area contributed by atoms with Crippen LogP contribution in [-0.4, -0.2) is 0 Å². The van der Waals surface area contributed by atoms with Gasteiger partial charge in [-0.1, -0.05) is 6.07 Å². The van der Waals surface area contributed by atoms with E-state index in [9.17, 15) is 30.7 Å². The third kappa shape index (κ3) is 2.05. The third-order valence-corrected chi connectivity index (χ3v) is 2.42. The topological polar surface area (TPSA) is 0 Å². The Morgan fingerprint density at radius 1 is 0.526 bits per heavy atom. The van der Waals surface area contributed by atoms with E-state index < -0.39 is 51.8 Å². The number of benzene rings is 2. The Morgan fingerprint density at radius 2 is 1.00 bits per heavy atom. The number of hydrogen-bond acceptors (Lipinski definition) is 0. The average molecular weight is 280 g/mol. The molecule has 19 heavy (non-hydrogen) atoms. The highest BCUT2D eigenvalue weighted by atomic mass is 19.2. The lowest BCUT2D eigenvalue weighted by molar-refractivity contribution is 0.381. The Labute approximate surface area is 102 Å². The first kappa shape index (κ1) is 13.4. The first-order valence-corrected chi connectivity index (χ1v) is 4.81. The molecule has 0 unspecified atom stereocenters. The van der Waals surface area contributed by atoms with Gasteiger partial charge in [0.25, 0.3) is 0 Å². The summed E-state index contributed by atoms with van der Waals surface area (Å²) in [7, 11) is 0. The summed E-state index contributed by atoms with van der Waals surface area (Å²) >= 11 is 0. The zero-order valence-electron chi connectivity index (χ0n) is 8.88. The van der Waals surface area contributed by atoms with E-state index in [-0.39, 0.29) is 0 Å². The van der Waals surface area contributed by atoms with Crippen LogP contribution in [0.25, 0.3) is 11.1 Å². The van der Waals surface area contributed by atoms with E-state index >= 15 is 0 Å². The van der Waals surface area contributed by atoms with Gasteiger partial charge in [-0.25, -0.2) is 30.7 Å². The van der Waals surface area contributed by atoms with Crippen molar-refractivity contribution in [1.29, 1.82) is 0 Å². The standard InChI is InChI=1S/C12H3F7/c13-5-2-1-4(3-6(5)14)7-8(15)10(17)12(19)11(18)9(7)16/h1-3H. The molecule has 0 fully saturated rings. The molecule has 0 spiro atoms. The Balaban J connectivity index is 2.79. The lowest BCUT2D eigenvalue weighted by Gasteiger charge is -2.08. The molecule has 0 aromatic heterocycles. The van der Waals surface area contributed by atoms with E-state index in [1.54, 1.807) is 0 Å². The van der Waals surface area contributed by atoms with Crippen molar-refractivity contribution in [2.75, 3.05) is 0 Å². The van der Waals surface area contributed by atoms with Gasteiger partial charge >= 0.3 is 0 Å². The van der Waals surface area contributed by atoms with Crippen LogP contribution in [0.4, 0.5) is 30.7 Å². The lowest BCUT2D eigenvalue weighted by atomic mass is 10.0. The molecule has 0 N–H and O–H groups in total. The van der Waals surface area contributed by atoms with Gasteiger partial charge in [-0.15, -0.1) is 0 Å². The van der Waals surface area contributed by atoms with Gasteiger partial charge in [0.15, 0.2) is 34.9 Å². The highest BCUT2D eigenvalue weighted by molar-refractivity contribution is 5.65. The molecule has 0 heterocycles. The van der Waals surface area contributed by atoms with E-state index in [1.807, 2.05) is 0 Å². The Hall–Kier alpha value is -2.05. The van der Waals surface area contributed by atoms with Gasteiger partial charge in [-0.3, -0.25) is 0 Å². The first-order valence-electron chi connectivity index (χ1n) is 4.81. The second-order valence-corrected chi connectivity index (χ2v) is 3.57. The highest BCUT2D eigenvalue weighted by Gasteiger charge is 2.26. The van der Waals surface area contributed by atoms with E-state index in [1.165, 1.54) is 0 Å². The molecule has 2 aromatic rings. The third-order valence-electron chi connectivity index (χ3n) is 2.42. The largest absolute Gasteiger partial charge is 0.204 e. The summed E-state index contributed by atoms with van der Waals surface area (Å²) in [5.74, 6) is -13.6. The fraction of sp³-hybridized carbons (Fsp3) is 0. The van der Waals surface area contributed by atoms with Crippen LogP contribution in [0, 0.1) is 40.7 Å². The molecule has 0 amide bonds. The highest BCUT2D eigenvalue weighted by Crippen LogP contribution is 2.32. The van der Waals surface area contributed by atoms with E-state index in [0.29, 0.717) is 18.2 Å². The van der Waals surface area contributed by atoms with Crippen molar-refractivity contribution in [1.82, 2.24) is 0 Å². The quantitative estimate of drug-likeness (QED) is 0.414. The maximum Gasteiger partial charge on any atom is 0.200 e. The first-order chi connectivity index (χ1) is 8.84. The van der Waals surface area contributed by atoms with Gasteiger partial charge in [-0.05, 0) is 17.7 Å². The van der Waals surface area contributed by atoms with Crippen molar-refractivity contribution in [2.45, 2.75) is 0 Å². The molecule has 0 saturated carbocycles. The molecule has 0 aliphatic heterocycles. The Morgan fingerprint density at radius 3 is 1.47 bits per heavy atom. The van der Waals surface area contributed by atoms with Gasteiger partial charge < -0.3 is 0 Å². The van der Waals surface area contributed by atoms with Crippen LogP contribution < -0.4 is 0 Å². The maximum atomic E-state index is 13.4. The molecule has 0 aliphatic rings. The smallest absolute Gasteiger partial charge is 0.200 e. The molecule has 0 radical (unpaired) electrons. The van der Waals surface area contributed by atoms with Crippen LogP contribution in [0.2, 0.25) is 0 Å². The molecule has 0 aliphatic carbocycles. The second kappa shape index (κ2) is 4.56. The Bertz CT molecular complexity index is 635. The molecule has 7 heteroatoms. The van der Waals surface area contributed by atoms with Gasteiger partial charge in [0.2, 0.25) is 5.82 Å². The Kier molecular flexibility index (Phi) is 3.21. The summed E-state index contributed by atoms with van der Waals surface area (Å²) in [5.41, 5.74) is -1.97. The molecule has 100 valence electrons. The molecule has 0 atom stereocenters. The predicted molar refractivity (Wildman–Crippen MR) is 51.6 cm³/mol. The van der Waals surface area contributed by atoms with Crippen molar-refractivity contribution in [3.8, 4) is 11.1 Å². The summed E-state index contributed by atoms with van der Waals surface area (Å²) in [5, 5.41) is 0. The van der Waals surface area contributed by atoms with Crippen LogP contribution in [0.5, 0.6) is 0 Å². The maximum absolute atomic E-state index is 13.4. The van der Waals surface area contributed by atoms with E-state index in [4.69, 9.17) is 0 Å². The average Bonchev–Trinajstić information content (AvgIpc) is 2.38. The predicted octanol–water partition coefficient (Wildman–Crippen LogP) is 4.33. The zero-order chi connectivity index (χ0) is 14.3. The summed E-state index contributed by atoms with van der Waals surface area (Å²) in [4.78, 5) is 0. The summed E-state index contributed by atoms with van der Waals surface area (Å²) < 4.78 is 91.0. The molecular weight excluding hydrogens is 277 g/mol. The summed E-state index contributed by atoms with van der Waals surface area (Å²) in [6.45, 7) is 0. The number of halogens is 7. The fourth-order valence-electron chi connectivity index (χ4n) is 1.51. The van der Waals surface area contributed by atoms with Crippen molar-refractivity contribution >= 4 is 0 Å². The fourth-order valence-corrected chi connectivity index (χ4v) is 1.51. The number of hydrogen-bond donors (Lipinski definition) is 0. The van der Waals surface area contributed by atoms with Gasteiger partial charge in [0.05, 0.1) is 5.56 Å². The van der Waals surface area contributed by atoms with Crippen molar-refractivity contribution in [3.63, 3.8) is 0 Å². The normalized spacial score (nSPS) is 10.9. The van der Waals surface area contributed by atoms with Gasteiger partial charge in [0, 0.05) is 0 Å². The second-order valence-electron chi connectivity index (χ2n) is 3.57. The molecular formula is C12H3F7. The minimum atomic E-state index is -2.32. The number of rotatable bonds is 1. The molecule has 2 aromatic carbocycles. The molecule has 0 saturated heterocycles. The van der Waals surface area contributed by atoms with Crippen molar-refractivity contribution in [3.05, 3.63) is 58.9 Å². The van der Waals surface area contributed by atoms with Crippen LogP contribution in [0.3, 0.4) is 0 Å². The molecule has 0 bridgehead atoms. The lowest BCUT2D eigenvalue weighted by Crippen LogP contribution is -2.04. The van der Waals surface area contributed by atoms with Crippen LogP contribution in [0.1, 0.15) is 0 Å². The van der Waals surface area contributed by atoms with Crippen LogP contribution in [0.15, 0.2) is 18.2 Å². The van der Waals surface area contributed by atoms with E-state index in [2.05, 4.69) is 0 Å². The van der Waals surface area contributed by atoms with Crippen LogP contribution >= 0.6 is 0 Å².